The van der Waals surface area contributed by atoms with Crippen LogP contribution in [0.15, 0.2) is 30.3 Å². The minimum Gasteiger partial charge on any atom is -0.204 e. The molecule has 1 saturated carbocycles. The van der Waals surface area contributed by atoms with Crippen molar-refractivity contribution < 1.29 is 13.2 Å². The lowest BCUT2D eigenvalue weighted by atomic mass is 9.64. The van der Waals surface area contributed by atoms with Crippen molar-refractivity contribution in [1.82, 2.24) is 0 Å². The predicted molar refractivity (Wildman–Crippen MR) is 98.6 cm³/mol. The molecule has 0 aliphatic heterocycles. The number of hydrogen-bond acceptors (Lipinski definition) is 0. The van der Waals surface area contributed by atoms with Crippen LogP contribution in [-0.4, -0.2) is 0 Å². The van der Waals surface area contributed by atoms with Crippen LogP contribution in [0.1, 0.15) is 62.5 Å². The van der Waals surface area contributed by atoms with Crippen LogP contribution in [-0.2, 0) is 6.42 Å². The highest BCUT2D eigenvalue weighted by molar-refractivity contribution is 5.65. The van der Waals surface area contributed by atoms with Crippen LogP contribution in [0.5, 0.6) is 0 Å². The van der Waals surface area contributed by atoms with E-state index in [0.717, 1.165) is 36.0 Å². The summed E-state index contributed by atoms with van der Waals surface area (Å²) in [6, 6.07) is 8.30. The minimum atomic E-state index is -1.40. The Bertz CT molecular complexity index is 788. The van der Waals surface area contributed by atoms with Crippen molar-refractivity contribution in [2.75, 3.05) is 0 Å². The zero-order valence-electron chi connectivity index (χ0n) is 15.2. The molecule has 0 spiro atoms. The van der Waals surface area contributed by atoms with Gasteiger partial charge in [0, 0.05) is 0 Å². The largest absolute Gasteiger partial charge is 0.204 e. The van der Waals surface area contributed by atoms with E-state index < -0.39 is 17.5 Å². The Hall–Kier alpha value is -1.77. The van der Waals surface area contributed by atoms with Gasteiger partial charge in [-0.05, 0) is 84.2 Å². The summed E-state index contributed by atoms with van der Waals surface area (Å²) >= 11 is 0. The molecule has 2 aliphatic rings. The normalized spacial score (nSPS) is 24.8. The summed E-state index contributed by atoms with van der Waals surface area (Å²) in [4.78, 5) is 0. The molecule has 26 heavy (non-hydrogen) atoms. The lowest BCUT2D eigenvalue weighted by Crippen LogP contribution is -2.28. The van der Waals surface area contributed by atoms with Gasteiger partial charge in [0.2, 0.25) is 0 Å². The van der Waals surface area contributed by atoms with Crippen molar-refractivity contribution in [3.05, 3.63) is 58.9 Å². The highest BCUT2D eigenvalue weighted by Crippen LogP contribution is 2.48. The Kier molecular flexibility index (Phi) is 4.81. The van der Waals surface area contributed by atoms with Gasteiger partial charge < -0.3 is 0 Å². The third-order valence-corrected chi connectivity index (χ3v) is 6.43. The monoisotopic (exact) mass is 358 g/mol. The van der Waals surface area contributed by atoms with E-state index in [1.165, 1.54) is 49.7 Å². The molecule has 0 N–H and O–H groups in total. The first-order chi connectivity index (χ1) is 12.6. The molecular formula is C23H25F3. The van der Waals surface area contributed by atoms with Crippen LogP contribution in [0.3, 0.4) is 0 Å². The molecule has 4 rings (SSSR count). The molecule has 2 aromatic rings. The lowest BCUT2D eigenvalue weighted by Gasteiger charge is -2.40. The summed E-state index contributed by atoms with van der Waals surface area (Å²) in [7, 11) is 0. The maximum absolute atomic E-state index is 13.6. The zero-order valence-corrected chi connectivity index (χ0v) is 15.2. The van der Waals surface area contributed by atoms with Crippen LogP contribution < -0.4 is 0 Å². The van der Waals surface area contributed by atoms with Crippen molar-refractivity contribution in [3.63, 3.8) is 0 Å². The van der Waals surface area contributed by atoms with Gasteiger partial charge in [-0.1, -0.05) is 38.0 Å². The van der Waals surface area contributed by atoms with Gasteiger partial charge in [0.05, 0.1) is 0 Å². The Labute approximate surface area is 153 Å². The molecule has 3 atom stereocenters. The number of benzene rings is 2. The molecule has 138 valence electrons. The molecule has 0 radical (unpaired) electrons. The van der Waals surface area contributed by atoms with Crippen LogP contribution in [0, 0.1) is 29.3 Å². The van der Waals surface area contributed by atoms with Crippen LogP contribution in [0.4, 0.5) is 13.2 Å². The number of rotatable bonds is 3. The number of aryl methyl sites for hydroxylation is 1. The Morgan fingerprint density at radius 3 is 2.42 bits per heavy atom. The van der Waals surface area contributed by atoms with E-state index in [1.807, 2.05) is 6.07 Å². The number of halogens is 3. The first kappa shape index (κ1) is 17.6. The van der Waals surface area contributed by atoms with Crippen LogP contribution in [0.25, 0.3) is 11.1 Å². The van der Waals surface area contributed by atoms with Crippen molar-refractivity contribution in [2.24, 2.45) is 11.8 Å². The van der Waals surface area contributed by atoms with E-state index in [1.54, 1.807) is 0 Å². The fourth-order valence-corrected chi connectivity index (χ4v) is 5.19. The van der Waals surface area contributed by atoms with Gasteiger partial charge >= 0.3 is 0 Å². The molecule has 0 saturated heterocycles. The van der Waals surface area contributed by atoms with E-state index >= 15 is 0 Å². The minimum absolute atomic E-state index is 0.401. The molecule has 0 heterocycles. The van der Waals surface area contributed by atoms with Gasteiger partial charge in [-0.2, -0.15) is 0 Å². The number of hydrogen-bond donors (Lipinski definition) is 0. The van der Waals surface area contributed by atoms with E-state index in [4.69, 9.17) is 0 Å². The SMILES string of the molecule is CCCC1CCC2c3ccc(-c4cc(F)c(F)c(F)c4)cc3CCC2C1. The lowest BCUT2D eigenvalue weighted by molar-refractivity contribution is 0.201. The average molecular weight is 358 g/mol. The van der Waals surface area contributed by atoms with Crippen molar-refractivity contribution in [1.29, 1.82) is 0 Å². The van der Waals surface area contributed by atoms with E-state index in [0.29, 0.717) is 11.5 Å². The Morgan fingerprint density at radius 1 is 0.923 bits per heavy atom. The van der Waals surface area contributed by atoms with Gasteiger partial charge in [-0.3, -0.25) is 0 Å². The summed E-state index contributed by atoms with van der Waals surface area (Å²) in [6.45, 7) is 2.27. The third-order valence-electron chi connectivity index (χ3n) is 6.43. The first-order valence-electron chi connectivity index (χ1n) is 9.84. The fraction of sp³-hybridized carbons (Fsp3) is 0.478. The highest BCUT2D eigenvalue weighted by Gasteiger charge is 2.34. The molecule has 0 amide bonds. The molecule has 3 heteroatoms. The molecule has 0 bridgehead atoms. The second kappa shape index (κ2) is 7.09. The van der Waals surface area contributed by atoms with Gasteiger partial charge in [0.25, 0.3) is 0 Å². The van der Waals surface area contributed by atoms with Crippen LogP contribution >= 0.6 is 0 Å². The Morgan fingerprint density at radius 2 is 1.69 bits per heavy atom. The van der Waals surface area contributed by atoms with Gasteiger partial charge in [0.1, 0.15) is 0 Å². The van der Waals surface area contributed by atoms with Crippen molar-refractivity contribution in [3.8, 4) is 11.1 Å². The summed E-state index contributed by atoms with van der Waals surface area (Å²) in [5.74, 6) is -1.38. The van der Waals surface area contributed by atoms with E-state index in [2.05, 4.69) is 19.1 Å². The summed E-state index contributed by atoms with van der Waals surface area (Å²) in [5.41, 5.74) is 3.88. The first-order valence-corrected chi connectivity index (χ1v) is 9.84. The second-order valence-corrected chi connectivity index (χ2v) is 8.04. The van der Waals surface area contributed by atoms with Crippen LogP contribution in [0.2, 0.25) is 0 Å². The van der Waals surface area contributed by atoms with E-state index in [-0.39, 0.29) is 0 Å². The van der Waals surface area contributed by atoms with Crippen molar-refractivity contribution in [2.45, 2.75) is 57.8 Å². The second-order valence-electron chi connectivity index (χ2n) is 8.04. The quantitative estimate of drug-likeness (QED) is 0.517. The summed E-state index contributed by atoms with van der Waals surface area (Å²) in [5, 5.41) is 0. The molecule has 0 aromatic heterocycles. The van der Waals surface area contributed by atoms with Gasteiger partial charge in [-0.25, -0.2) is 13.2 Å². The number of fused-ring (bicyclic) bond motifs is 3. The predicted octanol–water partition coefficient (Wildman–Crippen LogP) is 7.02. The fourth-order valence-electron chi connectivity index (χ4n) is 5.19. The molecule has 2 aromatic carbocycles. The summed E-state index contributed by atoms with van der Waals surface area (Å²) in [6.07, 6.45) is 8.74. The molecule has 3 unspecified atom stereocenters. The average Bonchev–Trinajstić information content (AvgIpc) is 2.65. The highest BCUT2D eigenvalue weighted by atomic mass is 19.2. The molecule has 2 aliphatic carbocycles. The standard InChI is InChI=1S/C23H25F3/c1-2-3-14-4-8-19-16(10-14)5-6-17-11-15(7-9-20(17)19)18-12-21(24)23(26)22(25)13-18/h7,9,11-14,16,19H,2-6,8,10H2,1H3. The summed E-state index contributed by atoms with van der Waals surface area (Å²) < 4.78 is 40.4. The molecular weight excluding hydrogens is 333 g/mol. The third kappa shape index (κ3) is 3.17. The molecule has 1 fully saturated rings. The smallest absolute Gasteiger partial charge is 0.194 e. The van der Waals surface area contributed by atoms with Gasteiger partial charge in [-0.15, -0.1) is 0 Å². The Balaban J connectivity index is 1.61. The van der Waals surface area contributed by atoms with Crippen molar-refractivity contribution >= 4 is 0 Å². The molecule has 0 nitrogen and oxygen atoms in total. The topological polar surface area (TPSA) is 0 Å². The zero-order chi connectivity index (χ0) is 18.3. The maximum Gasteiger partial charge on any atom is 0.194 e. The van der Waals surface area contributed by atoms with E-state index in [9.17, 15) is 13.2 Å². The van der Waals surface area contributed by atoms with Gasteiger partial charge in [0.15, 0.2) is 17.5 Å². The maximum atomic E-state index is 13.6.